The molecule has 2 atom stereocenters. The maximum absolute atomic E-state index is 3.71. The van der Waals surface area contributed by atoms with Gasteiger partial charge in [0.25, 0.3) is 0 Å². The Hall–Kier alpha value is -0.120. The molecule has 0 aromatic carbocycles. The Balaban J connectivity index is 2.48. The van der Waals surface area contributed by atoms with Crippen molar-refractivity contribution in [2.24, 2.45) is 5.41 Å². The molecule has 0 amide bonds. The molecule has 0 radical (unpaired) electrons. The molecule has 1 fully saturated rings. The molecule has 1 N–H and O–H groups in total. The lowest BCUT2D eigenvalue weighted by Gasteiger charge is -2.36. The highest BCUT2D eigenvalue weighted by Crippen LogP contribution is 2.39. The third-order valence-corrected chi connectivity index (χ3v) is 4.42. The molecule has 2 unspecified atom stereocenters. The maximum atomic E-state index is 3.71. The van der Waals surface area contributed by atoms with Crippen molar-refractivity contribution in [1.82, 2.24) is 15.1 Å². The lowest BCUT2D eigenvalue weighted by Crippen LogP contribution is -2.51. The second kappa shape index (κ2) is 6.88. The summed E-state index contributed by atoms with van der Waals surface area (Å²) < 4.78 is 0. The van der Waals surface area contributed by atoms with Crippen LogP contribution in [0.3, 0.4) is 0 Å². The van der Waals surface area contributed by atoms with E-state index in [1.807, 2.05) is 0 Å². The van der Waals surface area contributed by atoms with E-state index in [-0.39, 0.29) is 0 Å². The van der Waals surface area contributed by atoms with Crippen LogP contribution in [0.25, 0.3) is 0 Å². The fourth-order valence-corrected chi connectivity index (χ4v) is 3.27. The first-order valence-corrected chi connectivity index (χ1v) is 7.47. The van der Waals surface area contributed by atoms with Gasteiger partial charge in [-0.2, -0.15) is 0 Å². The Morgan fingerprint density at radius 3 is 2.39 bits per heavy atom. The molecule has 0 aliphatic heterocycles. The smallest absolute Gasteiger partial charge is 0.0274 e. The van der Waals surface area contributed by atoms with E-state index in [2.05, 4.69) is 57.0 Å². The van der Waals surface area contributed by atoms with Gasteiger partial charge in [-0.1, -0.05) is 20.8 Å². The first-order valence-electron chi connectivity index (χ1n) is 7.47. The van der Waals surface area contributed by atoms with E-state index in [0.29, 0.717) is 17.5 Å². The molecule has 3 heteroatoms. The third-order valence-electron chi connectivity index (χ3n) is 4.42. The van der Waals surface area contributed by atoms with Gasteiger partial charge in [0.2, 0.25) is 0 Å². The summed E-state index contributed by atoms with van der Waals surface area (Å²) in [6.45, 7) is 10.5. The molecular formula is C15H33N3. The second-order valence-electron chi connectivity index (χ2n) is 6.77. The average Bonchev–Trinajstić information content (AvgIpc) is 2.55. The quantitative estimate of drug-likeness (QED) is 0.751. The van der Waals surface area contributed by atoms with Gasteiger partial charge >= 0.3 is 0 Å². The molecular weight excluding hydrogens is 222 g/mol. The summed E-state index contributed by atoms with van der Waals surface area (Å²) in [5.41, 5.74) is 0.441. The first-order chi connectivity index (χ1) is 8.38. The molecule has 18 heavy (non-hydrogen) atoms. The summed E-state index contributed by atoms with van der Waals surface area (Å²) in [5.74, 6) is 0. The lowest BCUT2D eigenvalue weighted by molar-refractivity contribution is 0.167. The van der Waals surface area contributed by atoms with Gasteiger partial charge in [-0.3, -0.25) is 0 Å². The van der Waals surface area contributed by atoms with E-state index in [1.165, 1.54) is 32.4 Å². The van der Waals surface area contributed by atoms with E-state index in [1.54, 1.807) is 0 Å². The monoisotopic (exact) mass is 255 g/mol. The number of likely N-dealkylation sites (N-methyl/N-ethyl adjacent to an activating group) is 2. The summed E-state index contributed by atoms with van der Waals surface area (Å²) in [5, 5.41) is 3.71. The molecule has 0 bridgehead atoms. The highest BCUT2D eigenvalue weighted by molar-refractivity contribution is 5.00. The molecule has 0 saturated heterocycles. The Bertz CT molecular complexity index is 238. The van der Waals surface area contributed by atoms with E-state index in [0.717, 1.165) is 6.54 Å². The number of hydrogen-bond acceptors (Lipinski definition) is 3. The summed E-state index contributed by atoms with van der Waals surface area (Å²) in [4.78, 5) is 4.85. The second-order valence-corrected chi connectivity index (χ2v) is 6.77. The largest absolute Gasteiger partial charge is 0.312 e. The maximum Gasteiger partial charge on any atom is 0.0274 e. The Kier molecular flexibility index (Phi) is 6.09. The van der Waals surface area contributed by atoms with Gasteiger partial charge in [0.15, 0.2) is 0 Å². The predicted molar refractivity (Wildman–Crippen MR) is 80.1 cm³/mol. The first kappa shape index (κ1) is 15.9. The summed E-state index contributed by atoms with van der Waals surface area (Å²) in [7, 11) is 6.60. The van der Waals surface area contributed by atoms with Crippen LogP contribution in [0.15, 0.2) is 0 Å². The van der Waals surface area contributed by atoms with Crippen LogP contribution in [0, 0.1) is 5.41 Å². The van der Waals surface area contributed by atoms with Gasteiger partial charge in [-0.05, 0) is 65.5 Å². The van der Waals surface area contributed by atoms with E-state index in [9.17, 15) is 0 Å². The molecule has 0 heterocycles. The third kappa shape index (κ3) is 4.22. The van der Waals surface area contributed by atoms with E-state index >= 15 is 0 Å². The van der Waals surface area contributed by atoms with Crippen LogP contribution >= 0.6 is 0 Å². The van der Waals surface area contributed by atoms with Crippen LogP contribution in [0.1, 0.15) is 40.0 Å². The predicted octanol–water partition coefficient (Wildman–Crippen LogP) is 2.04. The highest BCUT2D eigenvalue weighted by Gasteiger charge is 2.42. The van der Waals surface area contributed by atoms with Crippen molar-refractivity contribution in [1.29, 1.82) is 0 Å². The zero-order valence-corrected chi connectivity index (χ0v) is 13.3. The molecule has 0 spiro atoms. The van der Waals surface area contributed by atoms with Crippen molar-refractivity contribution in [2.45, 2.75) is 52.1 Å². The van der Waals surface area contributed by atoms with Crippen LogP contribution < -0.4 is 5.32 Å². The van der Waals surface area contributed by atoms with Gasteiger partial charge in [-0.25, -0.2) is 0 Å². The summed E-state index contributed by atoms with van der Waals surface area (Å²) in [6, 6.07) is 1.36. The minimum atomic E-state index is 0.441. The number of nitrogens with zero attached hydrogens (tertiary/aromatic N) is 2. The average molecular weight is 255 g/mol. The van der Waals surface area contributed by atoms with Crippen molar-refractivity contribution >= 4 is 0 Å². The topological polar surface area (TPSA) is 18.5 Å². The molecule has 1 saturated carbocycles. The van der Waals surface area contributed by atoms with Gasteiger partial charge in [-0.15, -0.1) is 0 Å². The molecule has 0 aromatic heterocycles. The molecule has 0 aromatic rings. The van der Waals surface area contributed by atoms with Crippen LogP contribution in [-0.2, 0) is 0 Å². The van der Waals surface area contributed by atoms with Crippen molar-refractivity contribution in [3.8, 4) is 0 Å². The molecule has 108 valence electrons. The summed E-state index contributed by atoms with van der Waals surface area (Å²) >= 11 is 0. The fraction of sp³-hybridized carbons (Fsp3) is 1.00. The SMILES string of the molecule is CCNC1C(N(C)CCCN(C)C)CCC1(C)C. The van der Waals surface area contributed by atoms with E-state index < -0.39 is 0 Å². The number of hydrogen-bond donors (Lipinski definition) is 1. The van der Waals surface area contributed by atoms with Gasteiger partial charge < -0.3 is 15.1 Å². The molecule has 3 nitrogen and oxygen atoms in total. The number of rotatable bonds is 7. The zero-order valence-electron chi connectivity index (χ0n) is 13.3. The number of nitrogens with one attached hydrogen (secondary N) is 1. The van der Waals surface area contributed by atoms with Gasteiger partial charge in [0.1, 0.15) is 0 Å². The van der Waals surface area contributed by atoms with Crippen molar-refractivity contribution in [3.05, 3.63) is 0 Å². The Morgan fingerprint density at radius 2 is 1.83 bits per heavy atom. The normalized spacial score (nSPS) is 27.3. The summed E-state index contributed by atoms with van der Waals surface area (Å²) in [6.07, 6.45) is 3.94. The van der Waals surface area contributed by atoms with Crippen LogP contribution in [0.5, 0.6) is 0 Å². The van der Waals surface area contributed by atoms with Crippen LogP contribution in [0.4, 0.5) is 0 Å². The molecule has 1 aliphatic rings. The molecule has 1 aliphatic carbocycles. The standard InChI is InChI=1S/C15H33N3/c1-7-16-14-13(9-10-15(14,2)3)18(6)12-8-11-17(4)5/h13-14,16H,7-12H2,1-6H3. The fourth-order valence-electron chi connectivity index (χ4n) is 3.27. The van der Waals surface area contributed by atoms with Crippen LogP contribution in [0.2, 0.25) is 0 Å². The lowest BCUT2D eigenvalue weighted by atomic mass is 9.86. The van der Waals surface area contributed by atoms with Crippen LogP contribution in [-0.4, -0.2) is 62.7 Å². The van der Waals surface area contributed by atoms with Crippen molar-refractivity contribution in [3.63, 3.8) is 0 Å². The van der Waals surface area contributed by atoms with Crippen molar-refractivity contribution in [2.75, 3.05) is 40.8 Å². The Labute approximate surface area is 114 Å². The minimum absolute atomic E-state index is 0.441. The van der Waals surface area contributed by atoms with Gasteiger partial charge in [0, 0.05) is 12.1 Å². The molecule has 1 rings (SSSR count). The van der Waals surface area contributed by atoms with Gasteiger partial charge in [0.05, 0.1) is 0 Å². The van der Waals surface area contributed by atoms with Crippen molar-refractivity contribution < 1.29 is 0 Å². The highest BCUT2D eigenvalue weighted by atomic mass is 15.2. The minimum Gasteiger partial charge on any atom is -0.312 e. The van der Waals surface area contributed by atoms with E-state index in [4.69, 9.17) is 0 Å². The zero-order chi connectivity index (χ0) is 13.8. The Morgan fingerprint density at radius 1 is 1.17 bits per heavy atom.